The molecule has 1 saturated heterocycles. The number of benzene rings is 2. The SMILES string of the molecule is Cc1c(-c2ccc(Oc3ccccc3)cc2)c2c(N)ncnc2n1C1CCNCC1. The van der Waals surface area contributed by atoms with Gasteiger partial charge in [-0.2, -0.15) is 0 Å². The van der Waals surface area contributed by atoms with Crippen LogP contribution in [-0.2, 0) is 0 Å². The van der Waals surface area contributed by atoms with E-state index in [4.69, 9.17) is 10.5 Å². The molecule has 30 heavy (non-hydrogen) atoms. The first-order valence-electron chi connectivity index (χ1n) is 10.4. The molecule has 0 radical (unpaired) electrons. The zero-order valence-corrected chi connectivity index (χ0v) is 17.0. The number of aromatic nitrogens is 3. The Kier molecular flexibility index (Phi) is 4.85. The largest absolute Gasteiger partial charge is 0.457 e. The van der Waals surface area contributed by atoms with Crippen LogP contribution in [0.3, 0.4) is 0 Å². The quantitative estimate of drug-likeness (QED) is 0.520. The highest BCUT2D eigenvalue weighted by molar-refractivity contribution is 6.02. The van der Waals surface area contributed by atoms with Gasteiger partial charge in [-0.1, -0.05) is 30.3 Å². The van der Waals surface area contributed by atoms with Crippen molar-refractivity contribution in [1.82, 2.24) is 19.9 Å². The van der Waals surface area contributed by atoms with Crippen molar-refractivity contribution in [3.8, 4) is 22.6 Å². The van der Waals surface area contributed by atoms with Crippen molar-refractivity contribution in [2.24, 2.45) is 0 Å². The van der Waals surface area contributed by atoms with E-state index in [2.05, 4.69) is 38.9 Å². The molecule has 0 unspecified atom stereocenters. The molecule has 0 aliphatic carbocycles. The summed E-state index contributed by atoms with van der Waals surface area (Å²) in [6.45, 7) is 4.20. The molecular formula is C24H25N5O. The van der Waals surface area contributed by atoms with Crippen molar-refractivity contribution < 1.29 is 4.74 Å². The molecule has 3 N–H and O–H groups in total. The van der Waals surface area contributed by atoms with Crippen LogP contribution in [0.25, 0.3) is 22.2 Å². The summed E-state index contributed by atoms with van der Waals surface area (Å²) in [5, 5.41) is 4.38. The van der Waals surface area contributed by atoms with E-state index in [1.807, 2.05) is 42.5 Å². The van der Waals surface area contributed by atoms with Gasteiger partial charge in [0.15, 0.2) is 0 Å². The third-order valence-electron chi connectivity index (χ3n) is 5.85. The monoisotopic (exact) mass is 399 g/mol. The second kappa shape index (κ2) is 7.80. The summed E-state index contributed by atoms with van der Waals surface area (Å²) >= 11 is 0. The summed E-state index contributed by atoms with van der Waals surface area (Å²) in [4.78, 5) is 8.91. The molecule has 0 bridgehead atoms. The van der Waals surface area contributed by atoms with Crippen molar-refractivity contribution in [2.75, 3.05) is 18.8 Å². The van der Waals surface area contributed by atoms with Crippen LogP contribution in [0.15, 0.2) is 60.9 Å². The Morgan fingerprint density at radius 1 is 0.967 bits per heavy atom. The standard InChI is InChI=1S/C24H25N5O/c1-16-21(17-7-9-20(10-8-17)30-19-5-3-2-4-6-19)22-23(25)27-15-28-24(22)29(16)18-11-13-26-14-12-18/h2-10,15,18,26H,11-14H2,1H3,(H2,25,27,28). The number of nitrogens with two attached hydrogens (primary N) is 1. The Balaban J connectivity index is 1.58. The maximum absolute atomic E-state index is 6.34. The minimum Gasteiger partial charge on any atom is -0.457 e. The van der Waals surface area contributed by atoms with Gasteiger partial charge < -0.3 is 20.4 Å². The predicted molar refractivity (Wildman–Crippen MR) is 120 cm³/mol. The van der Waals surface area contributed by atoms with Crippen LogP contribution in [0.4, 0.5) is 5.82 Å². The average Bonchev–Trinajstić information content (AvgIpc) is 3.09. The Hall–Kier alpha value is -3.38. The van der Waals surface area contributed by atoms with Crippen LogP contribution in [0.2, 0.25) is 0 Å². The Morgan fingerprint density at radius 3 is 2.40 bits per heavy atom. The van der Waals surface area contributed by atoms with E-state index >= 15 is 0 Å². The second-order valence-electron chi connectivity index (χ2n) is 7.71. The normalized spacial score (nSPS) is 14.8. The molecule has 0 atom stereocenters. The molecule has 152 valence electrons. The van der Waals surface area contributed by atoms with Gasteiger partial charge in [-0.15, -0.1) is 0 Å². The molecule has 2 aromatic carbocycles. The highest BCUT2D eigenvalue weighted by Crippen LogP contribution is 2.40. The predicted octanol–water partition coefficient (Wildman–Crippen LogP) is 4.71. The molecule has 1 fully saturated rings. The second-order valence-corrected chi connectivity index (χ2v) is 7.71. The number of piperidine rings is 1. The van der Waals surface area contributed by atoms with Gasteiger partial charge in [0.25, 0.3) is 0 Å². The first-order chi connectivity index (χ1) is 14.7. The molecular weight excluding hydrogens is 374 g/mol. The fourth-order valence-corrected chi connectivity index (χ4v) is 4.45. The first-order valence-corrected chi connectivity index (χ1v) is 10.4. The number of anilines is 1. The van der Waals surface area contributed by atoms with Crippen LogP contribution in [0.5, 0.6) is 11.5 Å². The third-order valence-corrected chi connectivity index (χ3v) is 5.85. The van der Waals surface area contributed by atoms with Crippen molar-refractivity contribution >= 4 is 16.9 Å². The minimum absolute atomic E-state index is 0.414. The van der Waals surface area contributed by atoms with Crippen LogP contribution >= 0.6 is 0 Å². The van der Waals surface area contributed by atoms with Gasteiger partial charge in [0, 0.05) is 17.3 Å². The van der Waals surface area contributed by atoms with Crippen molar-refractivity contribution in [2.45, 2.75) is 25.8 Å². The van der Waals surface area contributed by atoms with E-state index in [1.54, 1.807) is 6.33 Å². The number of hydrogen-bond donors (Lipinski definition) is 2. The van der Waals surface area contributed by atoms with Crippen LogP contribution in [0, 0.1) is 6.92 Å². The van der Waals surface area contributed by atoms with E-state index in [0.29, 0.717) is 11.9 Å². The zero-order chi connectivity index (χ0) is 20.5. The molecule has 6 heteroatoms. The van der Waals surface area contributed by atoms with E-state index < -0.39 is 0 Å². The number of ether oxygens (including phenoxy) is 1. The van der Waals surface area contributed by atoms with E-state index in [1.165, 1.54) is 5.69 Å². The highest BCUT2D eigenvalue weighted by atomic mass is 16.5. The Bertz CT molecular complexity index is 1160. The van der Waals surface area contributed by atoms with Gasteiger partial charge in [0.1, 0.15) is 29.3 Å². The smallest absolute Gasteiger partial charge is 0.146 e. The molecule has 0 amide bonds. The van der Waals surface area contributed by atoms with Crippen LogP contribution in [0.1, 0.15) is 24.6 Å². The van der Waals surface area contributed by atoms with Gasteiger partial charge in [0.05, 0.1) is 5.39 Å². The lowest BCUT2D eigenvalue weighted by Crippen LogP contribution is -2.29. The average molecular weight is 399 g/mol. The zero-order valence-electron chi connectivity index (χ0n) is 17.0. The van der Waals surface area contributed by atoms with Crippen LogP contribution in [-0.4, -0.2) is 27.6 Å². The minimum atomic E-state index is 0.414. The molecule has 2 aromatic heterocycles. The number of nitrogens with zero attached hydrogens (tertiary/aromatic N) is 3. The first kappa shape index (κ1) is 18.6. The summed E-state index contributed by atoms with van der Waals surface area (Å²) in [5.74, 6) is 2.14. The lowest BCUT2D eigenvalue weighted by Gasteiger charge is -2.26. The number of para-hydroxylation sites is 1. The van der Waals surface area contributed by atoms with Gasteiger partial charge >= 0.3 is 0 Å². The van der Waals surface area contributed by atoms with Crippen molar-refractivity contribution in [3.63, 3.8) is 0 Å². The number of rotatable bonds is 4. The van der Waals surface area contributed by atoms with Crippen molar-refractivity contribution in [1.29, 1.82) is 0 Å². The Morgan fingerprint density at radius 2 is 1.67 bits per heavy atom. The lowest BCUT2D eigenvalue weighted by atomic mass is 10.0. The fraction of sp³-hybridized carbons (Fsp3) is 0.250. The number of hydrogen-bond acceptors (Lipinski definition) is 5. The molecule has 1 aliphatic heterocycles. The summed E-state index contributed by atoms with van der Waals surface area (Å²) in [6, 6.07) is 18.4. The van der Waals surface area contributed by atoms with Gasteiger partial charge in [-0.25, -0.2) is 9.97 Å². The third kappa shape index (κ3) is 3.29. The maximum Gasteiger partial charge on any atom is 0.146 e. The maximum atomic E-state index is 6.34. The number of fused-ring (bicyclic) bond motifs is 1. The fourth-order valence-electron chi connectivity index (χ4n) is 4.45. The van der Waals surface area contributed by atoms with E-state index in [0.717, 1.165) is 59.6 Å². The molecule has 0 spiro atoms. The summed E-state index contributed by atoms with van der Waals surface area (Å²) in [5.41, 5.74) is 10.6. The topological polar surface area (TPSA) is 78.0 Å². The summed E-state index contributed by atoms with van der Waals surface area (Å²) in [6.07, 6.45) is 3.73. The van der Waals surface area contributed by atoms with Gasteiger partial charge in [-0.3, -0.25) is 0 Å². The molecule has 0 saturated carbocycles. The number of nitrogen functional groups attached to an aromatic ring is 1. The van der Waals surface area contributed by atoms with E-state index in [9.17, 15) is 0 Å². The van der Waals surface area contributed by atoms with Gasteiger partial charge in [0.2, 0.25) is 0 Å². The van der Waals surface area contributed by atoms with Crippen molar-refractivity contribution in [3.05, 3.63) is 66.6 Å². The lowest BCUT2D eigenvalue weighted by molar-refractivity contribution is 0.371. The molecule has 4 aromatic rings. The molecule has 5 rings (SSSR count). The summed E-state index contributed by atoms with van der Waals surface area (Å²) < 4.78 is 8.31. The molecule has 1 aliphatic rings. The Labute approximate surface area is 175 Å². The summed E-state index contributed by atoms with van der Waals surface area (Å²) in [7, 11) is 0. The number of nitrogens with one attached hydrogen (secondary N) is 1. The highest BCUT2D eigenvalue weighted by Gasteiger charge is 2.25. The van der Waals surface area contributed by atoms with Crippen LogP contribution < -0.4 is 15.8 Å². The van der Waals surface area contributed by atoms with E-state index in [-0.39, 0.29) is 0 Å². The van der Waals surface area contributed by atoms with Gasteiger partial charge in [-0.05, 0) is 62.7 Å². The molecule has 6 nitrogen and oxygen atoms in total. The molecule has 3 heterocycles.